The molecule has 0 unspecified atom stereocenters. The normalized spacial score (nSPS) is 14.7. The number of aromatic nitrogens is 1. The summed E-state index contributed by atoms with van der Waals surface area (Å²) in [5.41, 5.74) is 6.00. The Bertz CT molecular complexity index is 1380. The van der Waals surface area contributed by atoms with Gasteiger partial charge in [-0.15, -0.1) is 0 Å². The molecule has 0 saturated carbocycles. The van der Waals surface area contributed by atoms with Crippen molar-refractivity contribution in [3.63, 3.8) is 0 Å². The van der Waals surface area contributed by atoms with Gasteiger partial charge in [0.15, 0.2) is 0 Å². The van der Waals surface area contributed by atoms with Crippen LogP contribution in [-0.2, 0) is 20.7 Å². The Morgan fingerprint density at radius 3 is 2.39 bits per heavy atom. The quantitative estimate of drug-likeness (QED) is 0.307. The van der Waals surface area contributed by atoms with E-state index in [0.717, 1.165) is 34.0 Å². The van der Waals surface area contributed by atoms with Gasteiger partial charge in [0.05, 0.1) is 25.4 Å². The zero-order chi connectivity index (χ0) is 26.0. The number of allylic oxidation sites excluding steroid dienone is 1. The van der Waals surface area contributed by atoms with Crippen molar-refractivity contribution in [2.45, 2.75) is 27.2 Å². The van der Waals surface area contributed by atoms with Crippen molar-refractivity contribution >= 4 is 29.6 Å². The maximum atomic E-state index is 13.6. The zero-order valence-electron chi connectivity index (χ0n) is 21.1. The number of aryl methyl sites for hydroxylation is 1. The van der Waals surface area contributed by atoms with Crippen molar-refractivity contribution in [3.8, 4) is 11.4 Å². The fraction of sp³-hybridized carbons (Fsp3) is 0.241. The fourth-order valence-corrected chi connectivity index (χ4v) is 4.82. The minimum atomic E-state index is -0.525. The first-order valence-electron chi connectivity index (χ1n) is 11.7. The van der Waals surface area contributed by atoms with E-state index in [1.807, 2.05) is 68.4 Å². The van der Waals surface area contributed by atoms with Crippen LogP contribution >= 0.6 is 11.6 Å². The molecule has 0 N–H and O–H groups in total. The van der Waals surface area contributed by atoms with Crippen LogP contribution in [0.5, 0.6) is 5.75 Å². The van der Waals surface area contributed by atoms with Crippen molar-refractivity contribution in [3.05, 3.63) is 99.0 Å². The van der Waals surface area contributed by atoms with Gasteiger partial charge in [-0.05, 0) is 80.8 Å². The highest BCUT2D eigenvalue weighted by atomic mass is 35.5. The number of hydrogen-bond acceptors (Lipinski definition) is 4. The summed E-state index contributed by atoms with van der Waals surface area (Å²) in [7, 11) is 2.95. The van der Waals surface area contributed by atoms with Gasteiger partial charge in [-0.25, -0.2) is 4.79 Å². The van der Waals surface area contributed by atoms with Gasteiger partial charge in [-0.3, -0.25) is 4.79 Å². The number of amides is 1. The highest BCUT2D eigenvalue weighted by Crippen LogP contribution is 2.33. The molecule has 0 radical (unpaired) electrons. The molecule has 7 heteroatoms. The Hall–Kier alpha value is -3.77. The van der Waals surface area contributed by atoms with Crippen LogP contribution in [0.2, 0.25) is 5.02 Å². The topological polar surface area (TPSA) is 60.8 Å². The molecule has 0 aliphatic carbocycles. The Labute approximate surface area is 216 Å². The van der Waals surface area contributed by atoms with Gasteiger partial charge < -0.3 is 18.9 Å². The maximum absolute atomic E-state index is 13.6. The second-order valence-corrected chi connectivity index (χ2v) is 9.14. The van der Waals surface area contributed by atoms with Crippen molar-refractivity contribution in [2.75, 3.05) is 20.8 Å². The van der Waals surface area contributed by atoms with Gasteiger partial charge in [0.2, 0.25) is 0 Å². The first-order chi connectivity index (χ1) is 17.2. The number of ether oxygens (including phenoxy) is 2. The van der Waals surface area contributed by atoms with Crippen LogP contribution in [0.3, 0.4) is 0 Å². The predicted molar refractivity (Wildman–Crippen MR) is 141 cm³/mol. The first kappa shape index (κ1) is 25.3. The molecule has 0 atom stereocenters. The molecule has 0 bridgehead atoms. The summed E-state index contributed by atoms with van der Waals surface area (Å²) in [6.07, 6.45) is 2.42. The number of esters is 1. The van der Waals surface area contributed by atoms with Crippen LogP contribution < -0.4 is 4.74 Å². The Morgan fingerprint density at radius 2 is 1.75 bits per heavy atom. The van der Waals surface area contributed by atoms with Crippen LogP contribution in [0.4, 0.5) is 0 Å². The van der Waals surface area contributed by atoms with Crippen LogP contribution in [0.1, 0.15) is 29.4 Å². The predicted octanol–water partition coefficient (Wildman–Crippen LogP) is 5.67. The second kappa shape index (κ2) is 10.5. The van der Waals surface area contributed by atoms with Gasteiger partial charge in [0.1, 0.15) is 5.75 Å². The van der Waals surface area contributed by atoms with Crippen molar-refractivity contribution < 1.29 is 19.1 Å². The number of rotatable bonds is 7. The summed E-state index contributed by atoms with van der Waals surface area (Å²) in [6.45, 7) is 6.20. The van der Waals surface area contributed by atoms with E-state index in [1.54, 1.807) is 25.0 Å². The maximum Gasteiger partial charge on any atom is 0.340 e. The molecule has 1 aliphatic heterocycles. The van der Waals surface area contributed by atoms with E-state index in [1.165, 1.54) is 7.11 Å². The van der Waals surface area contributed by atoms with Crippen LogP contribution in [0.25, 0.3) is 11.8 Å². The third-order valence-corrected chi connectivity index (χ3v) is 6.76. The Kier molecular flexibility index (Phi) is 7.36. The van der Waals surface area contributed by atoms with Gasteiger partial charge in [-0.1, -0.05) is 29.8 Å². The van der Waals surface area contributed by atoms with Gasteiger partial charge >= 0.3 is 5.97 Å². The third kappa shape index (κ3) is 4.82. The van der Waals surface area contributed by atoms with Crippen molar-refractivity contribution in [1.29, 1.82) is 0 Å². The van der Waals surface area contributed by atoms with Crippen LogP contribution in [0, 0.1) is 13.8 Å². The molecule has 0 spiro atoms. The standard InChI is InChI=1S/C29H29ClN2O4/c1-18-15-22(19(2)32(18)24-8-6-7-23(30)17-24)16-26-27(29(34)36-5)20(3)31(28(26)33)14-13-21-9-11-25(35-4)12-10-21/h6-12,15-17H,13-14H2,1-5H3/b26-16-. The van der Waals surface area contributed by atoms with E-state index < -0.39 is 5.97 Å². The summed E-state index contributed by atoms with van der Waals surface area (Å²) < 4.78 is 12.3. The molecule has 1 amide bonds. The lowest BCUT2D eigenvalue weighted by Gasteiger charge is -2.18. The van der Waals surface area contributed by atoms with Gasteiger partial charge in [0.25, 0.3) is 5.91 Å². The smallest absolute Gasteiger partial charge is 0.340 e. The van der Waals surface area contributed by atoms with Crippen LogP contribution in [0.15, 0.2) is 71.4 Å². The number of nitrogens with zero attached hydrogens (tertiary/aromatic N) is 2. The highest BCUT2D eigenvalue weighted by molar-refractivity contribution is 6.30. The van der Waals surface area contributed by atoms with E-state index >= 15 is 0 Å². The zero-order valence-corrected chi connectivity index (χ0v) is 21.8. The lowest BCUT2D eigenvalue weighted by Crippen LogP contribution is -2.27. The minimum absolute atomic E-state index is 0.214. The summed E-state index contributed by atoms with van der Waals surface area (Å²) in [5.74, 6) is 0.0392. The molecule has 2 aromatic carbocycles. The highest BCUT2D eigenvalue weighted by Gasteiger charge is 2.37. The van der Waals surface area contributed by atoms with Crippen molar-refractivity contribution in [2.24, 2.45) is 0 Å². The summed E-state index contributed by atoms with van der Waals surface area (Å²) in [5, 5.41) is 0.643. The average Bonchev–Trinajstić information content (AvgIpc) is 3.28. The van der Waals surface area contributed by atoms with Gasteiger partial charge in [-0.2, -0.15) is 0 Å². The molecule has 1 aliphatic rings. The molecule has 36 heavy (non-hydrogen) atoms. The SMILES string of the molecule is COC(=O)C1=C(C)N(CCc2ccc(OC)cc2)C(=O)/C1=C\c1cc(C)n(-c2cccc(Cl)c2)c1C. The first-order valence-corrected chi connectivity index (χ1v) is 12.0. The molecule has 6 nitrogen and oxygen atoms in total. The molecular formula is C29H29ClN2O4. The second-order valence-electron chi connectivity index (χ2n) is 8.71. The number of halogens is 1. The van der Waals surface area contributed by atoms with E-state index in [4.69, 9.17) is 21.1 Å². The average molecular weight is 505 g/mol. The summed E-state index contributed by atoms with van der Waals surface area (Å²) in [6, 6.07) is 17.3. The molecule has 2 heterocycles. The Morgan fingerprint density at radius 1 is 1.03 bits per heavy atom. The largest absolute Gasteiger partial charge is 0.497 e. The number of hydrogen-bond donors (Lipinski definition) is 0. The third-order valence-electron chi connectivity index (χ3n) is 6.52. The molecule has 0 fully saturated rings. The summed E-state index contributed by atoms with van der Waals surface area (Å²) in [4.78, 5) is 27.9. The molecule has 4 rings (SSSR count). The van der Waals surface area contributed by atoms with Gasteiger partial charge in [0, 0.05) is 34.3 Å². The fourth-order valence-electron chi connectivity index (χ4n) is 4.63. The molecule has 1 aromatic heterocycles. The van der Waals surface area contributed by atoms with E-state index in [0.29, 0.717) is 34.8 Å². The number of carbonyl (C=O) groups is 2. The van der Waals surface area contributed by atoms with Crippen LogP contribution in [-0.4, -0.2) is 42.1 Å². The lowest BCUT2D eigenvalue weighted by atomic mass is 10.0. The van der Waals surface area contributed by atoms with E-state index in [-0.39, 0.29) is 5.91 Å². The number of benzene rings is 2. The number of carbonyl (C=O) groups excluding carboxylic acids is 2. The molecule has 0 saturated heterocycles. The molecule has 186 valence electrons. The van der Waals surface area contributed by atoms with E-state index in [9.17, 15) is 9.59 Å². The molecular weight excluding hydrogens is 476 g/mol. The molecule has 3 aromatic rings. The monoisotopic (exact) mass is 504 g/mol. The minimum Gasteiger partial charge on any atom is -0.497 e. The summed E-state index contributed by atoms with van der Waals surface area (Å²) >= 11 is 6.21. The number of methoxy groups -OCH3 is 2. The van der Waals surface area contributed by atoms with E-state index in [2.05, 4.69) is 4.57 Å². The Balaban J connectivity index is 1.69. The lowest BCUT2D eigenvalue weighted by molar-refractivity contribution is -0.136. The van der Waals surface area contributed by atoms with Crippen molar-refractivity contribution in [1.82, 2.24) is 9.47 Å².